The summed E-state index contributed by atoms with van der Waals surface area (Å²) in [6.07, 6.45) is 5.45. The van der Waals surface area contributed by atoms with E-state index in [-0.39, 0.29) is 12.2 Å². The van der Waals surface area contributed by atoms with Gasteiger partial charge in [-0.2, -0.15) is 0 Å². The van der Waals surface area contributed by atoms with Gasteiger partial charge in [0.25, 0.3) is 5.56 Å². The molecule has 3 aromatic rings. The first-order valence-corrected chi connectivity index (χ1v) is 11.0. The van der Waals surface area contributed by atoms with Crippen LogP contribution < -0.4 is 10.5 Å². The van der Waals surface area contributed by atoms with Gasteiger partial charge in [0.15, 0.2) is 0 Å². The number of pyridine rings is 2. The number of ether oxygens (including phenoxy) is 1. The number of piperidine rings is 1. The molecule has 0 spiro atoms. The minimum Gasteiger partial charge on any atom is -0.462 e. The van der Waals surface area contributed by atoms with Gasteiger partial charge in [-0.1, -0.05) is 0 Å². The second-order valence-corrected chi connectivity index (χ2v) is 8.12. The molecule has 4 rings (SSSR count). The fourth-order valence-corrected chi connectivity index (χ4v) is 4.43. The number of aryl methyl sites for hydroxylation is 1. The molecule has 0 unspecified atom stereocenters. The number of hydrogen-bond donors (Lipinski definition) is 1. The highest BCUT2D eigenvalue weighted by atomic mass is 32.1. The maximum Gasteiger partial charge on any atom is 0.339 e. The van der Waals surface area contributed by atoms with Crippen molar-refractivity contribution in [3.63, 3.8) is 0 Å². The molecule has 0 saturated carbocycles. The van der Waals surface area contributed by atoms with E-state index < -0.39 is 5.97 Å². The zero-order chi connectivity index (χ0) is 21.1. The number of hydrogen-bond acceptors (Lipinski definition) is 7. The van der Waals surface area contributed by atoms with Crippen LogP contribution in [0.2, 0.25) is 0 Å². The van der Waals surface area contributed by atoms with Crippen molar-refractivity contribution in [3.05, 3.63) is 51.4 Å². The third-order valence-corrected chi connectivity index (χ3v) is 6.08. The zero-order valence-corrected chi connectivity index (χ0v) is 17.9. The summed E-state index contributed by atoms with van der Waals surface area (Å²) in [5.74, 6) is 0.505. The second-order valence-electron chi connectivity index (χ2n) is 7.26. The average Bonchev–Trinajstić information content (AvgIpc) is 3.25. The Kier molecular flexibility index (Phi) is 5.94. The van der Waals surface area contributed by atoms with E-state index >= 15 is 0 Å². The van der Waals surface area contributed by atoms with Gasteiger partial charge in [-0.05, 0) is 51.3 Å². The van der Waals surface area contributed by atoms with Crippen molar-refractivity contribution in [1.29, 1.82) is 0 Å². The molecule has 4 heterocycles. The largest absolute Gasteiger partial charge is 0.462 e. The van der Waals surface area contributed by atoms with Crippen LogP contribution in [0.15, 0.2) is 34.6 Å². The number of carbonyl (C=O) groups is 1. The van der Waals surface area contributed by atoms with Crippen LogP contribution in [0.4, 0.5) is 5.82 Å². The molecule has 0 radical (unpaired) electrons. The van der Waals surface area contributed by atoms with Gasteiger partial charge in [0.2, 0.25) is 0 Å². The molecule has 3 aromatic heterocycles. The maximum atomic E-state index is 12.5. The van der Waals surface area contributed by atoms with E-state index in [0.29, 0.717) is 22.5 Å². The Balaban J connectivity index is 1.66. The third-order valence-electron chi connectivity index (χ3n) is 5.19. The monoisotopic (exact) mass is 424 g/mol. The summed E-state index contributed by atoms with van der Waals surface area (Å²) in [6, 6.07) is 5.55. The van der Waals surface area contributed by atoms with Crippen LogP contribution in [0, 0.1) is 6.92 Å². The summed E-state index contributed by atoms with van der Waals surface area (Å²) in [7, 11) is 0. The summed E-state index contributed by atoms with van der Waals surface area (Å²) in [6.45, 7) is 5.75. The molecule has 1 saturated heterocycles. The number of anilines is 1. The summed E-state index contributed by atoms with van der Waals surface area (Å²) >= 11 is 1.46. The summed E-state index contributed by atoms with van der Waals surface area (Å²) in [5, 5.41) is 2.65. The minimum absolute atomic E-state index is 0.273. The highest BCUT2D eigenvalue weighted by Crippen LogP contribution is 2.30. The van der Waals surface area contributed by atoms with Crippen LogP contribution in [0.25, 0.3) is 21.8 Å². The molecular formula is C22H24N4O3S. The lowest BCUT2D eigenvalue weighted by Gasteiger charge is -2.27. The van der Waals surface area contributed by atoms with E-state index in [4.69, 9.17) is 4.74 Å². The molecule has 0 atom stereocenters. The van der Waals surface area contributed by atoms with Crippen molar-refractivity contribution in [3.8, 4) is 21.8 Å². The number of aromatic amines is 1. The van der Waals surface area contributed by atoms with E-state index in [1.54, 1.807) is 26.1 Å². The second kappa shape index (κ2) is 8.79. The van der Waals surface area contributed by atoms with Crippen LogP contribution in [0.5, 0.6) is 0 Å². The van der Waals surface area contributed by atoms with Crippen molar-refractivity contribution in [2.24, 2.45) is 0 Å². The normalized spacial score (nSPS) is 14.0. The highest BCUT2D eigenvalue weighted by molar-refractivity contribution is 7.13. The average molecular weight is 425 g/mol. The van der Waals surface area contributed by atoms with E-state index in [0.717, 1.165) is 29.5 Å². The molecule has 156 valence electrons. The number of aromatic nitrogens is 3. The van der Waals surface area contributed by atoms with Crippen LogP contribution in [-0.2, 0) is 4.74 Å². The number of carbonyl (C=O) groups excluding carboxylic acids is 1. The maximum absolute atomic E-state index is 12.5. The first-order chi connectivity index (χ1) is 14.6. The van der Waals surface area contributed by atoms with Gasteiger partial charge in [-0.3, -0.25) is 4.79 Å². The summed E-state index contributed by atoms with van der Waals surface area (Å²) < 4.78 is 5.09. The van der Waals surface area contributed by atoms with Gasteiger partial charge in [-0.15, -0.1) is 11.3 Å². The van der Waals surface area contributed by atoms with Gasteiger partial charge in [-0.25, -0.2) is 14.8 Å². The fourth-order valence-electron chi connectivity index (χ4n) is 3.61. The van der Waals surface area contributed by atoms with E-state index in [2.05, 4.69) is 25.9 Å². The van der Waals surface area contributed by atoms with Crippen LogP contribution >= 0.6 is 11.3 Å². The summed E-state index contributed by atoms with van der Waals surface area (Å²) in [5.41, 5.74) is 2.42. The number of rotatable bonds is 5. The molecule has 0 amide bonds. The van der Waals surface area contributed by atoms with E-state index in [1.165, 1.54) is 30.6 Å². The number of nitrogens with zero attached hydrogens (tertiary/aromatic N) is 3. The van der Waals surface area contributed by atoms with Crippen LogP contribution in [-0.4, -0.2) is 40.6 Å². The Morgan fingerprint density at radius 2 is 2.07 bits per heavy atom. The summed E-state index contributed by atoms with van der Waals surface area (Å²) in [4.78, 5) is 39.0. The first-order valence-electron chi connectivity index (χ1n) is 10.1. The van der Waals surface area contributed by atoms with Crippen LogP contribution in [0.3, 0.4) is 0 Å². The van der Waals surface area contributed by atoms with Gasteiger partial charge in [0.1, 0.15) is 10.8 Å². The SMILES string of the molecule is CCOC(=O)c1cc(-c2csc(-c3ccnc(N4CCCCC4)c3)n2)c(=O)[nH]c1C. The Labute approximate surface area is 178 Å². The van der Waals surface area contributed by atoms with Gasteiger partial charge in [0.05, 0.1) is 23.4 Å². The predicted molar refractivity (Wildman–Crippen MR) is 118 cm³/mol. The van der Waals surface area contributed by atoms with E-state index in [1.807, 2.05) is 11.4 Å². The van der Waals surface area contributed by atoms with Crippen LogP contribution in [0.1, 0.15) is 42.2 Å². The van der Waals surface area contributed by atoms with Gasteiger partial charge >= 0.3 is 5.97 Å². The number of H-pyrrole nitrogens is 1. The first kappa shape index (κ1) is 20.3. The molecule has 0 bridgehead atoms. The lowest BCUT2D eigenvalue weighted by Crippen LogP contribution is -2.30. The number of thiazole rings is 1. The molecule has 1 N–H and O–H groups in total. The van der Waals surface area contributed by atoms with Crippen molar-refractivity contribution in [2.75, 3.05) is 24.6 Å². The van der Waals surface area contributed by atoms with Crippen molar-refractivity contribution in [2.45, 2.75) is 33.1 Å². The zero-order valence-electron chi connectivity index (χ0n) is 17.1. The topological polar surface area (TPSA) is 88.2 Å². The van der Waals surface area contributed by atoms with Crippen molar-refractivity contribution < 1.29 is 9.53 Å². The molecule has 1 aliphatic rings. The Morgan fingerprint density at radius 1 is 1.27 bits per heavy atom. The number of esters is 1. The molecule has 8 heteroatoms. The molecule has 0 aliphatic carbocycles. The molecule has 7 nitrogen and oxygen atoms in total. The minimum atomic E-state index is -0.455. The van der Waals surface area contributed by atoms with Gasteiger partial charge in [0, 0.05) is 35.9 Å². The van der Waals surface area contributed by atoms with Crippen molar-refractivity contribution >= 4 is 23.1 Å². The molecule has 1 aliphatic heterocycles. The Bertz CT molecular complexity index is 1120. The predicted octanol–water partition coefficient (Wildman–Crippen LogP) is 4.04. The van der Waals surface area contributed by atoms with Crippen molar-refractivity contribution in [1.82, 2.24) is 15.0 Å². The lowest BCUT2D eigenvalue weighted by molar-refractivity contribution is 0.0525. The smallest absolute Gasteiger partial charge is 0.339 e. The Hall–Kier alpha value is -3.00. The van der Waals surface area contributed by atoms with Gasteiger partial charge < -0.3 is 14.6 Å². The molecular weight excluding hydrogens is 400 g/mol. The van der Waals surface area contributed by atoms with E-state index in [9.17, 15) is 9.59 Å². The molecule has 0 aromatic carbocycles. The third kappa shape index (κ3) is 4.14. The highest BCUT2D eigenvalue weighted by Gasteiger charge is 2.18. The fraction of sp³-hybridized carbons (Fsp3) is 0.364. The molecule has 30 heavy (non-hydrogen) atoms. The standard InChI is InChI=1S/C22H24N4O3S/c1-3-29-22(28)16-12-17(20(27)24-14(16)2)18-13-30-21(25-18)15-7-8-23-19(11-15)26-9-5-4-6-10-26/h7-8,11-13H,3-6,9-10H2,1-2H3,(H,24,27). The quantitative estimate of drug-likeness (QED) is 0.622. The lowest BCUT2D eigenvalue weighted by atomic mass is 10.1. The Morgan fingerprint density at radius 3 is 2.83 bits per heavy atom. The number of nitrogens with one attached hydrogen (secondary N) is 1. The molecule has 1 fully saturated rings.